The second-order valence-corrected chi connectivity index (χ2v) is 4.05. The Bertz CT molecular complexity index is 441. The van der Waals surface area contributed by atoms with Crippen LogP contribution in [0, 0.1) is 28.1 Å². The molecule has 0 fully saturated rings. The lowest BCUT2D eigenvalue weighted by atomic mass is 10.5. The van der Waals surface area contributed by atoms with Crippen molar-refractivity contribution in [1.82, 2.24) is 14.9 Å². The van der Waals surface area contributed by atoms with Crippen LogP contribution < -0.4 is 10.0 Å². The Morgan fingerprint density at radius 3 is 2.50 bits per heavy atom. The number of imide groups is 1. The first-order valence-electron chi connectivity index (χ1n) is 5.44. The van der Waals surface area contributed by atoms with Gasteiger partial charge in [0.2, 0.25) is 0 Å². The van der Waals surface area contributed by atoms with Crippen LogP contribution in [0.4, 0.5) is 9.59 Å². The predicted octanol–water partition coefficient (Wildman–Crippen LogP) is 0.764. The highest BCUT2D eigenvalue weighted by atomic mass is 32.2. The number of amides is 4. The number of carbonyl (C=O) groups excluding carboxylic acids is 2. The molecule has 4 amide bonds. The van der Waals surface area contributed by atoms with Gasteiger partial charge in [0.25, 0.3) is 0 Å². The van der Waals surface area contributed by atoms with E-state index in [-0.39, 0.29) is 19.4 Å². The molecule has 0 aromatic carbocycles. The molecule has 0 radical (unpaired) electrons. The molecule has 9 nitrogen and oxygen atoms in total. The minimum atomic E-state index is -0.870. The number of methoxy groups -OCH3 is 1. The van der Waals surface area contributed by atoms with E-state index in [1.165, 1.54) is 0 Å². The lowest BCUT2D eigenvalue weighted by molar-refractivity contribution is 0.198. The Morgan fingerprint density at radius 2 is 1.95 bits per heavy atom. The minimum Gasteiger partial charge on any atom is -0.468 e. The summed E-state index contributed by atoms with van der Waals surface area (Å²) in [5, 5.41) is 26.4. The Balaban J connectivity index is 4.51. The number of hydrogen-bond donors (Lipinski definition) is 3. The molecule has 0 spiro atoms. The topological polar surface area (TPSA) is 142 Å². The quantitative estimate of drug-likeness (QED) is 0.296. The molecule has 0 aromatic rings. The van der Waals surface area contributed by atoms with Crippen molar-refractivity contribution in [2.24, 2.45) is 0 Å². The van der Waals surface area contributed by atoms with Crippen LogP contribution in [0.5, 0.6) is 0 Å². The lowest BCUT2D eigenvalue weighted by Crippen LogP contribution is -2.50. The SMILES string of the molecule is COC(=N)N(C(=O)NCCC#N)C(=O)NSCCC#N. The summed E-state index contributed by atoms with van der Waals surface area (Å²) >= 11 is 0.940. The summed E-state index contributed by atoms with van der Waals surface area (Å²) in [6, 6.07) is 1.34. The molecule has 0 aromatic heterocycles. The molecular formula is C10H14N6O3S. The zero-order valence-corrected chi connectivity index (χ0v) is 11.6. The number of urea groups is 2. The van der Waals surface area contributed by atoms with Gasteiger partial charge in [-0.05, 0) is 11.9 Å². The molecule has 0 atom stereocenters. The first kappa shape index (κ1) is 17.5. The number of amidine groups is 1. The van der Waals surface area contributed by atoms with Crippen LogP contribution in [0.15, 0.2) is 0 Å². The van der Waals surface area contributed by atoms with Crippen LogP contribution >= 0.6 is 11.9 Å². The Labute approximate surface area is 120 Å². The van der Waals surface area contributed by atoms with Gasteiger partial charge in [0.05, 0.1) is 25.7 Å². The van der Waals surface area contributed by atoms with Crippen LogP contribution in [0.1, 0.15) is 12.8 Å². The zero-order valence-electron chi connectivity index (χ0n) is 10.8. The van der Waals surface area contributed by atoms with E-state index in [0.29, 0.717) is 10.7 Å². The van der Waals surface area contributed by atoms with Gasteiger partial charge in [-0.2, -0.15) is 15.4 Å². The van der Waals surface area contributed by atoms with Gasteiger partial charge in [-0.3, -0.25) is 10.1 Å². The van der Waals surface area contributed by atoms with Crippen molar-refractivity contribution in [3.05, 3.63) is 0 Å². The summed E-state index contributed by atoms with van der Waals surface area (Å²) in [5.74, 6) is 0.354. The molecule has 0 unspecified atom stereocenters. The number of nitrogens with one attached hydrogen (secondary N) is 3. The third-order valence-corrected chi connectivity index (χ3v) is 2.52. The molecule has 0 aliphatic carbocycles. The Morgan fingerprint density at radius 1 is 1.30 bits per heavy atom. The zero-order chi connectivity index (χ0) is 15.4. The van der Waals surface area contributed by atoms with Crippen molar-refractivity contribution in [3.8, 4) is 12.1 Å². The van der Waals surface area contributed by atoms with Gasteiger partial charge < -0.3 is 10.1 Å². The highest BCUT2D eigenvalue weighted by Gasteiger charge is 2.26. The second-order valence-electron chi connectivity index (χ2n) is 3.15. The van der Waals surface area contributed by atoms with Gasteiger partial charge in [-0.25, -0.2) is 9.59 Å². The van der Waals surface area contributed by atoms with E-state index in [0.717, 1.165) is 19.1 Å². The molecule has 10 heteroatoms. The van der Waals surface area contributed by atoms with Crippen molar-refractivity contribution in [3.63, 3.8) is 0 Å². The van der Waals surface area contributed by atoms with E-state index in [2.05, 4.69) is 14.8 Å². The molecule has 0 heterocycles. The van der Waals surface area contributed by atoms with Gasteiger partial charge in [0.1, 0.15) is 0 Å². The van der Waals surface area contributed by atoms with E-state index in [1.54, 1.807) is 0 Å². The fourth-order valence-electron chi connectivity index (χ4n) is 0.927. The van der Waals surface area contributed by atoms with Crippen LogP contribution in [0.2, 0.25) is 0 Å². The Hall–Kier alpha value is -2.46. The van der Waals surface area contributed by atoms with Crippen molar-refractivity contribution < 1.29 is 14.3 Å². The summed E-state index contributed by atoms with van der Waals surface area (Å²) in [5.41, 5.74) is 0. The third kappa shape index (κ3) is 6.47. The Kier molecular flexibility index (Phi) is 9.17. The number of nitrogens with zero attached hydrogens (tertiary/aromatic N) is 3. The molecule has 20 heavy (non-hydrogen) atoms. The maximum atomic E-state index is 11.7. The van der Waals surface area contributed by atoms with Crippen LogP contribution in [0.3, 0.4) is 0 Å². The van der Waals surface area contributed by atoms with Gasteiger partial charge in [-0.15, -0.1) is 0 Å². The number of hydrogen-bond acceptors (Lipinski definition) is 7. The fraction of sp³-hybridized carbons (Fsp3) is 0.500. The largest absolute Gasteiger partial charge is 0.468 e. The fourth-order valence-corrected chi connectivity index (χ4v) is 1.44. The molecule has 0 bridgehead atoms. The molecule has 0 aliphatic heterocycles. The van der Waals surface area contributed by atoms with Gasteiger partial charge in [0, 0.05) is 18.7 Å². The van der Waals surface area contributed by atoms with Crippen molar-refractivity contribution in [2.75, 3.05) is 19.4 Å². The van der Waals surface area contributed by atoms with E-state index in [4.69, 9.17) is 15.9 Å². The molecule has 3 N–H and O–H groups in total. The summed E-state index contributed by atoms with van der Waals surface area (Å²) in [4.78, 5) is 23.9. The molecule has 108 valence electrons. The standard InChI is InChI=1S/C10H14N6O3S/c1-19-8(13)16(9(17)14-6-2-4-11)10(18)15-20-7-3-5-12/h13H,2-3,6-7H2,1H3,(H,14,17)(H,15,18). The molecule has 0 saturated carbocycles. The molecular weight excluding hydrogens is 284 g/mol. The van der Waals surface area contributed by atoms with E-state index < -0.39 is 18.1 Å². The first-order chi connectivity index (χ1) is 9.58. The van der Waals surface area contributed by atoms with Gasteiger partial charge in [-0.1, -0.05) is 0 Å². The van der Waals surface area contributed by atoms with Gasteiger partial charge in [0.15, 0.2) is 0 Å². The highest BCUT2D eigenvalue weighted by Crippen LogP contribution is 2.01. The number of nitriles is 2. The first-order valence-corrected chi connectivity index (χ1v) is 6.43. The highest BCUT2D eigenvalue weighted by molar-refractivity contribution is 7.97. The molecule has 0 aliphatic rings. The average Bonchev–Trinajstić information content (AvgIpc) is 2.44. The average molecular weight is 298 g/mol. The van der Waals surface area contributed by atoms with Gasteiger partial charge >= 0.3 is 18.1 Å². The maximum Gasteiger partial charge on any atom is 0.343 e. The normalized spacial score (nSPS) is 8.75. The number of rotatable bonds is 5. The van der Waals surface area contributed by atoms with Crippen molar-refractivity contribution in [1.29, 1.82) is 15.9 Å². The summed E-state index contributed by atoms with van der Waals surface area (Å²) in [6.07, 6.45) is 0.319. The lowest BCUT2D eigenvalue weighted by Gasteiger charge is -2.19. The maximum absolute atomic E-state index is 11.7. The molecule has 0 rings (SSSR count). The van der Waals surface area contributed by atoms with E-state index in [9.17, 15) is 9.59 Å². The molecule has 0 saturated heterocycles. The van der Waals surface area contributed by atoms with Crippen LogP contribution in [-0.4, -0.2) is 42.4 Å². The van der Waals surface area contributed by atoms with Crippen LogP contribution in [0.25, 0.3) is 0 Å². The summed E-state index contributed by atoms with van der Waals surface area (Å²) < 4.78 is 6.86. The minimum absolute atomic E-state index is 0.0533. The number of carbonyl (C=O) groups is 2. The van der Waals surface area contributed by atoms with E-state index >= 15 is 0 Å². The summed E-state index contributed by atoms with van der Waals surface area (Å²) in [6.45, 7) is 0.0533. The third-order valence-electron chi connectivity index (χ3n) is 1.79. The second kappa shape index (κ2) is 10.5. The van der Waals surface area contributed by atoms with Crippen molar-refractivity contribution in [2.45, 2.75) is 12.8 Å². The van der Waals surface area contributed by atoms with Crippen LogP contribution in [-0.2, 0) is 4.74 Å². The summed E-state index contributed by atoms with van der Waals surface area (Å²) in [7, 11) is 1.15. The number of ether oxygens (including phenoxy) is 1. The van der Waals surface area contributed by atoms with E-state index in [1.807, 2.05) is 12.1 Å². The monoisotopic (exact) mass is 298 g/mol. The van der Waals surface area contributed by atoms with Crippen molar-refractivity contribution >= 4 is 30.0 Å². The predicted molar refractivity (Wildman–Crippen MR) is 71.4 cm³/mol. The smallest absolute Gasteiger partial charge is 0.343 e.